The second-order valence-corrected chi connectivity index (χ2v) is 9.52. The van der Waals surface area contributed by atoms with Gasteiger partial charge in [-0.2, -0.15) is 4.98 Å². The Balaban J connectivity index is 1.23. The third-order valence-electron chi connectivity index (χ3n) is 7.23. The van der Waals surface area contributed by atoms with Gasteiger partial charge < -0.3 is 16.0 Å². The number of urea groups is 1. The van der Waals surface area contributed by atoms with Crippen molar-refractivity contribution in [3.05, 3.63) is 52.6 Å². The van der Waals surface area contributed by atoms with Gasteiger partial charge in [0, 0.05) is 57.0 Å². The molecule has 5 rings (SSSR count). The van der Waals surface area contributed by atoms with Gasteiger partial charge in [0.1, 0.15) is 5.82 Å². The third kappa shape index (κ3) is 4.95. The molecule has 0 bridgehead atoms. The Morgan fingerprint density at radius 2 is 1.79 bits per heavy atom. The second-order valence-electron chi connectivity index (χ2n) is 9.52. The lowest BCUT2D eigenvalue weighted by molar-refractivity contribution is 0.135. The number of hydrogen-bond acceptors (Lipinski definition) is 6. The van der Waals surface area contributed by atoms with E-state index in [4.69, 9.17) is 5.73 Å². The fraction of sp³-hybridized carbons (Fsp3) is 0.542. The lowest BCUT2D eigenvalue weighted by Crippen LogP contribution is -2.48. The van der Waals surface area contributed by atoms with Gasteiger partial charge >= 0.3 is 11.7 Å². The first kappa shape index (κ1) is 22.1. The summed E-state index contributed by atoms with van der Waals surface area (Å²) in [5, 5.41) is 5.94. The number of piperazine rings is 1. The van der Waals surface area contributed by atoms with Crippen LogP contribution in [0.25, 0.3) is 5.69 Å². The zero-order valence-corrected chi connectivity index (χ0v) is 19.0. The standard InChI is InChI=1S/C24H33N7O2/c25-19-5-12-30(13-6-19)24(8-9-24)17-18-1-3-20(4-2-18)31-14-7-21(28-23(31)33)27-22(32)29-15-10-26-11-16-29/h1-4,7,14,19,26H,5-6,8-13,15-17,25H2,(H,27,28,32,33). The first-order valence-electron chi connectivity index (χ1n) is 12.0. The second kappa shape index (κ2) is 9.24. The molecule has 0 radical (unpaired) electrons. The third-order valence-corrected chi connectivity index (χ3v) is 7.23. The zero-order chi connectivity index (χ0) is 22.8. The average Bonchev–Trinajstić information content (AvgIpc) is 3.61. The summed E-state index contributed by atoms with van der Waals surface area (Å²) in [6, 6.07) is 9.95. The summed E-state index contributed by atoms with van der Waals surface area (Å²) in [6.45, 7) is 5.01. The molecule has 176 valence electrons. The Morgan fingerprint density at radius 1 is 1.09 bits per heavy atom. The molecular formula is C24H33N7O2. The van der Waals surface area contributed by atoms with Gasteiger partial charge in [-0.15, -0.1) is 0 Å². The summed E-state index contributed by atoms with van der Waals surface area (Å²) in [5.41, 5.74) is 8.02. The van der Waals surface area contributed by atoms with Crippen LogP contribution in [-0.4, -0.2) is 76.2 Å². The fourth-order valence-corrected chi connectivity index (χ4v) is 5.00. The van der Waals surface area contributed by atoms with Gasteiger partial charge in [-0.05, 0) is 55.9 Å². The van der Waals surface area contributed by atoms with E-state index in [0.29, 0.717) is 24.7 Å². The lowest BCUT2D eigenvalue weighted by Gasteiger charge is -2.37. The average molecular weight is 452 g/mol. The lowest BCUT2D eigenvalue weighted by atomic mass is 9.98. The molecule has 1 aliphatic carbocycles. The number of aromatic nitrogens is 2. The maximum atomic E-state index is 12.6. The molecule has 3 heterocycles. The number of benzene rings is 1. The van der Waals surface area contributed by atoms with Crippen molar-refractivity contribution in [1.82, 2.24) is 24.7 Å². The minimum atomic E-state index is -0.413. The van der Waals surface area contributed by atoms with E-state index in [2.05, 4.69) is 32.7 Å². The maximum Gasteiger partial charge on any atom is 0.354 e. The van der Waals surface area contributed by atoms with Crippen LogP contribution in [0.2, 0.25) is 0 Å². The van der Waals surface area contributed by atoms with Gasteiger partial charge in [0.05, 0.1) is 5.69 Å². The van der Waals surface area contributed by atoms with E-state index in [1.165, 1.54) is 23.0 Å². The summed E-state index contributed by atoms with van der Waals surface area (Å²) < 4.78 is 1.50. The number of nitrogens with one attached hydrogen (secondary N) is 2. The number of hydrogen-bond donors (Lipinski definition) is 3. The number of anilines is 1. The van der Waals surface area contributed by atoms with E-state index in [0.717, 1.165) is 51.1 Å². The summed E-state index contributed by atoms with van der Waals surface area (Å²) in [6.07, 6.45) is 7.36. The van der Waals surface area contributed by atoms with E-state index < -0.39 is 5.69 Å². The summed E-state index contributed by atoms with van der Waals surface area (Å²) in [4.78, 5) is 33.4. The quantitative estimate of drug-likeness (QED) is 0.630. The number of amides is 2. The van der Waals surface area contributed by atoms with Gasteiger partial charge in [0.25, 0.3) is 0 Å². The minimum absolute atomic E-state index is 0.227. The van der Waals surface area contributed by atoms with Crippen LogP contribution in [0.4, 0.5) is 10.6 Å². The van der Waals surface area contributed by atoms with Crippen LogP contribution in [0.3, 0.4) is 0 Å². The van der Waals surface area contributed by atoms with Gasteiger partial charge in [-0.1, -0.05) is 12.1 Å². The monoisotopic (exact) mass is 451 g/mol. The summed E-state index contributed by atoms with van der Waals surface area (Å²) >= 11 is 0. The fourth-order valence-electron chi connectivity index (χ4n) is 5.00. The molecule has 1 aromatic heterocycles. The Bertz CT molecular complexity index is 1030. The number of carbonyl (C=O) groups is 1. The smallest absolute Gasteiger partial charge is 0.328 e. The molecule has 9 nitrogen and oxygen atoms in total. The number of likely N-dealkylation sites (tertiary alicyclic amines) is 1. The predicted octanol–water partition coefficient (Wildman–Crippen LogP) is 1.17. The van der Waals surface area contributed by atoms with Crippen molar-refractivity contribution in [3.8, 4) is 5.69 Å². The molecule has 3 aliphatic rings. The van der Waals surface area contributed by atoms with E-state index in [9.17, 15) is 9.59 Å². The highest BCUT2D eigenvalue weighted by Crippen LogP contribution is 2.45. The number of carbonyl (C=O) groups excluding carboxylic acids is 1. The number of piperidine rings is 1. The molecule has 4 N–H and O–H groups in total. The van der Waals surface area contributed by atoms with Crippen LogP contribution in [0.5, 0.6) is 0 Å². The van der Waals surface area contributed by atoms with Crippen LogP contribution in [-0.2, 0) is 6.42 Å². The van der Waals surface area contributed by atoms with Crippen LogP contribution >= 0.6 is 0 Å². The molecule has 0 unspecified atom stereocenters. The molecular weight excluding hydrogens is 418 g/mol. The molecule has 2 amide bonds. The van der Waals surface area contributed by atoms with Crippen LogP contribution < -0.4 is 22.1 Å². The normalized spacial score (nSPS) is 21.1. The molecule has 33 heavy (non-hydrogen) atoms. The van der Waals surface area contributed by atoms with Crippen molar-refractivity contribution in [2.45, 2.75) is 43.7 Å². The number of nitrogens with zero attached hydrogens (tertiary/aromatic N) is 4. The van der Waals surface area contributed by atoms with Crippen LogP contribution in [0.1, 0.15) is 31.2 Å². The van der Waals surface area contributed by atoms with Crippen molar-refractivity contribution < 1.29 is 4.79 Å². The Hall–Kier alpha value is -2.75. The highest BCUT2D eigenvalue weighted by Gasteiger charge is 2.48. The van der Waals surface area contributed by atoms with Crippen molar-refractivity contribution >= 4 is 11.8 Å². The molecule has 3 fully saturated rings. The van der Waals surface area contributed by atoms with Crippen LogP contribution in [0, 0.1) is 0 Å². The summed E-state index contributed by atoms with van der Waals surface area (Å²) in [5.74, 6) is 0.272. The van der Waals surface area contributed by atoms with Crippen molar-refractivity contribution in [2.75, 3.05) is 44.6 Å². The van der Waals surface area contributed by atoms with Crippen molar-refractivity contribution in [2.24, 2.45) is 5.73 Å². The van der Waals surface area contributed by atoms with Crippen molar-refractivity contribution in [3.63, 3.8) is 0 Å². The Kier molecular flexibility index (Phi) is 6.18. The molecule has 0 spiro atoms. The largest absolute Gasteiger partial charge is 0.354 e. The Morgan fingerprint density at radius 3 is 2.42 bits per heavy atom. The van der Waals surface area contributed by atoms with E-state index >= 15 is 0 Å². The topological polar surface area (TPSA) is 109 Å². The molecule has 2 aromatic rings. The molecule has 9 heteroatoms. The van der Waals surface area contributed by atoms with E-state index in [-0.39, 0.29) is 11.8 Å². The summed E-state index contributed by atoms with van der Waals surface area (Å²) in [7, 11) is 0. The molecule has 1 saturated carbocycles. The zero-order valence-electron chi connectivity index (χ0n) is 19.0. The van der Waals surface area contributed by atoms with E-state index in [1.807, 2.05) is 12.1 Å². The number of rotatable bonds is 5. The molecule has 2 aliphatic heterocycles. The first-order chi connectivity index (χ1) is 16.0. The SMILES string of the molecule is NC1CCN(C2(Cc3ccc(-n4ccc(NC(=O)N5CCNCC5)nc4=O)cc3)CC2)CC1. The number of nitrogens with two attached hydrogens (primary N) is 1. The molecule has 2 saturated heterocycles. The van der Waals surface area contributed by atoms with Gasteiger partial charge in [-0.25, -0.2) is 9.59 Å². The van der Waals surface area contributed by atoms with Crippen LogP contribution in [0.15, 0.2) is 41.3 Å². The van der Waals surface area contributed by atoms with Gasteiger partial charge in [0.15, 0.2) is 0 Å². The maximum absolute atomic E-state index is 12.6. The Labute approximate surface area is 194 Å². The van der Waals surface area contributed by atoms with Crippen molar-refractivity contribution in [1.29, 1.82) is 0 Å². The highest BCUT2D eigenvalue weighted by atomic mass is 16.2. The molecule has 1 aromatic carbocycles. The highest BCUT2D eigenvalue weighted by molar-refractivity contribution is 5.88. The van der Waals surface area contributed by atoms with Gasteiger partial charge in [0.2, 0.25) is 0 Å². The van der Waals surface area contributed by atoms with E-state index in [1.54, 1.807) is 17.2 Å². The predicted molar refractivity (Wildman–Crippen MR) is 128 cm³/mol. The molecule has 0 atom stereocenters. The first-order valence-corrected chi connectivity index (χ1v) is 12.0. The van der Waals surface area contributed by atoms with Gasteiger partial charge in [-0.3, -0.25) is 14.8 Å². The minimum Gasteiger partial charge on any atom is -0.328 e.